The smallest absolute Gasteiger partial charge is 0.321 e. The van der Waals surface area contributed by atoms with Gasteiger partial charge in [-0.1, -0.05) is 36.4 Å². The molecule has 0 bridgehead atoms. The Hall–Kier alpha value is -2.53. The molecular weight excluding hydrogens is 352 g/mol. The fourth-order valence-corrected chi connectivity index (χ4v) is 4.86. The molecule has 148 valence electrons. The molecule has 0 spiro atoms. The Bertz CT molecular complexity index is 838. The molecule has 28 heavy (non-hydrogen) atoms. The monoisotopic (exact) mass is 380 g/mol. The van der Waals surface area contributed by atoms with Crippen molar-refractivity contribution in [1.82, 2.24) is 4.90 Å². The van der Waals surface area contributed by atoms with Gasteiger partial charge in [0.25, 0.3) is 0 Å². The van der Waals surface area contributed by atoms with E-state index in [0.717, 1.165) is 18.4 Å². The molecule has 1 heterocycles. The van der Waals surface area contributed by atoms with Crippen LogP contribution in [0.2, 0.25) is 0 Å². The van der Waals surface area contributed by atoms with Gasteiger partial charge in [-0.3, -0.25) is 0 Å². The molecular formula is C23H28N2O3. The number of likely N-dealkylation sites (tertiary alicyclic amines) is 1. The van der Waals surface area contributed by atoms with E-state index in [4.69, 9.17) is 4.74 Å². The summed E-state index contributed by atoms with van der Waals surface area (Å²) in [4.78, 5) is 14.6. The van der Waals surface area contributed by atoms with Crippen molar-refractivity contribution in [2.24, 2.45) is 11.8 Å². The summed E-state index contributed by atoms with van der Waals surface area (Å²) in [5, 5.41) is 14.1. The summed E-state index contributed by atoms with van der Waals surface area (Å²) in [5.74, 6) is 1.38. The number of rotatable bonds is 4. The van der Waals surface area contributed by atoms with Crippen LogP contribution in [0.25, 0.3) is 0 Å². The summed E-state index contributed by atoms with van der Waals surface area (Å²) >= 11 is 0. The lowest BCUT2D eigenvalue weighted by Crippen LogP contribution is -2.36. The highest BCUT2D eigenvalue weighted by atomic mass is 16.5. The molecule has 1 saturated heterocycles. The molecule has 2 amide bonds. The van der Waals surface area contributed by atoms with E-state index in [9.17, 15) is 9.90 Å². The second-order valence-electron chi connectivity index (χ2n) is 8.35. The molecule has 2 fully saturated rings. The van der Waals surface area contributed by atoms with Crippen molar-refractivity contribution in [1.29, 1.82) is 0 Å². The summed E-state index contributed by atoms with van der Waals surface area (Å²) in [6.07, 6.45) is 2.20. The van der Waals surface area contributed by atoms with Crippen molar-refractivity contribution in [3.05, 3.63) is 59.7 Å². The third-order valence-corrected chi connectivity index (χ3v) is 6.12. The largest absolute Gasteiger partial charge is 0.495 e. The molecule has 5 nitrogen and oxygen atoms in total. The molecule has 1 aliphatic carbocycles. The number of hydrogen-bond donors (Lipinski definition) is 2. The molecule has 5 heteroatoms. The second-order valence-corrected chi connectivity index (χ2v) is 8.35. The van der Waals surface area contributed by atoms with Crippen molar-refractivity contribution in [3.63, 3.8) is 0 Å². The van der Waals surface area contributed by atoms with E-state index in [1.165, 1.54) is 5.56 Å². The lowest BCUT2D eigenvalue weighted by molar-refractivity contribution is 0.0368. The number of ether oxygens (including phenoxy) is 1. The van der Waals surface area contributed by atoms with Crippen LogP contribution >= 0.6 is 0 Å². The molecule has 1 aliphatic heterocycles. The molecule has 2 N–H and O–H groups in total. The molecule has 3 atom stereocenters. The van der Waals surface area contributed by atoms with Crippen molar-refractivity contribution in [2.45, 2.75) is 31.8 Å². The topological polar surface area (TPSA) is 61.8 Å². The number of anilines is 1. The third kappa shape index (κ3) is 3.85. The Morgan fingerprint density at radius 3 is 2.50 bits per heavy atom. The fourth-order valence-electron chi connectivity index (χ4n) is 4.86. The molecule has 0 aromatic heterocycles. The van der Waals surface area contributed by atoms with E-state index in [1.54, 1.807) is 7.11 Å². The SMILES string of the molecule is COc1ccc(C)cc1NC(=O)N1C[C@@H]2C[C@@](O)(Cc3ccccc3)C[C@@H]2C1. The van der Waals surface area contributed by atoms with Gasteiger partial charge in [0.05, 0.1) is 18.4 Å². The Morgan fingerprint density at radius 2 is 1.86 bits per heavy atom. The maximum Gasteiger partial charge on any atom is 0.321 e. The first-order valence-electron chi connectivity index (χ1n) is 9.93. The van der Waals surface area contributed by atoms with Crippen LogP contribution in [-0.2, 0) is 6.42 Å². The van der Waals surface area contributed by atoms with Crippen LogP contribution in [0.1, 0.15) is 24.0 Å². The zero-order chi connectivity index (χ0) is 19.7. The first-order valence-corrected chi connectivity index (χ1v) is 9.93. The van der Waals surface area contributed by atoms with Crippen LogP contribution in [0.4, 0.5) is 10.5 Å². The van der Waals surface area contributed by atoms with E-state index in [2.05, 4.69) is 17.4 Å². The number of aliphatic hydroxyl groups is 1. The predicted octanol–water partition coefficient (Wildman–Crippen LogP) is 3.85. The number of benzene rings is 2. The molecule has 2 aromatic rings. The Labute approximate surface area is 166 Å². The number of fused-ring (bicyclic) bond motifs is 1. The molecule has 1 saturated carbocycles. The number of carbonyl (C=O) groups excluding carboxylic acids is 1. The van der Waals surface area contributed by atoms with Gasteiger partial charge >= 0.3 is 6.03 Å². The van der Waals surface area contributed by atoms with Crippen LogP contribution < -0.4 is 10.1 Å². The normalized spacial score (nSPS) is 26.2. The first kappa shape index (κ1) is 18.8. The lowest BCUT2D eigenvalue weighted by Gasteiger charge is -2.26. The van der Waals surface area contributed by atoms with Gasteiger partial charge in [0.15, 0.2) is 0 Å². The minimum atomic E-state index is -0.654. The van der Waals surface area contributed by atoms with Crippen LogP contribution in [-0.4, -0.2) is 41.8 Å². The standard InChI is InChI=1S/C23H28N2O3/c1-16-8-9-21(28-2)20(10-16)24-22(26)25-14-18-12-23(27,13-19(18)15-25)11-17-6-4-3-5-7-17/h3-10,18-19,27H,11-15H2,1-2H3,(H,24,26)/t18-,19+,23-. The summed E-state index contributed by atoms with van der Waals surface area (Å²) in [6, 6.07) is 15.8. The Kier molecular flexibility index (Phi) is 5.02. The molecule has 0 unspecified atom stereocenters. The minimum Gasteiger partial charge on any atom is -0.495 e. The van der Waals surface area contributed by atoms with Gasteiger partial charge in [-0.2, -0.15) is 0 Å². The summed E-state index contributed by atoms with van der Waals surface area (Å²) < 4.78 is 5.36. The third-order valence-electron chi connectivity index (χ3n) is 6.12. The van der Waals surface area contributed by atoms with Gasteiger partial charge in [0.1, 0.15) is 5.75 Å². The van der Waals surface area contributed by atoms with Crippen LogP contribution in [0, 0.1) is 18.8 Å². The van der Waals surface area contributed by atoms with Gasteiger partial charge < -0.3 is 20.1 Å². The van der Waals surface area contributed by atoms with Gasteiger partial charge in [0.2, 0.25) is 0 Å². The number of nitrogens with zero attached hydrogens (tertiary/aromatic N) is 1. The average molecular weight is 380 g/mol. The maximum atomic E-state index is 12.8. The maximum absolute atomic E-state index is 12.8. The highest BCUT2D eigenvalue weighted by Crippen LogP contribution is 2.45. The summed E-state index contributed by atoms with van der Waals surface area (Å²) in [6.45, 7) is 3.38. The van der Waals surface area contributed by atoms with Crippen molar-refractivity contribution in [2.75, 3.05) is 25.5 Å². The molecule has 4 rings (SSSR count). The average Bonchev–Trinajstić information content (AvgIpc) is 3.17. The number of amides is 2. The number of hydrogen-bond acceptors (Lipinski definition) is 3. The van der Waals surface area contributed by atoms with E-state index in [0.29, 0.717) is 42.8 Å². The highest BCUT2D eigenvalue weighted by Gasteiger charge is 2.49. The number of nitrogens with one attached hydrogen (secondary N) is 1. The first-order chi connectivity index (χ1) is 13.5. The lowest BCUT2D eigenvalue weighted by atomic mass is 9.91. The van der Waals surface area contributed by atoms with Gasteiger partial charge in [-0.25, -0.2) is 4.79 Å². The van der Waals surface area contributed by atoms with Crippen LogP contribution in [0.15, 0.2) is 48.5 Å². The van der Waals surface area contributed by atoms with Crippen LogP contribution in [0.5, 0.6) is 5.75 Å². The summed E-state index contributed by atoms with van der Waals surface area (Å²) in [7, 11) is 1.61. The van der Waals surface area contributed by atoms with E-state index in [-0.39, 0.29) is 6.03 Å². The minimum absolute atomic E-state index is 0.0927. The zero-order valence-electron chi connectivity index (χ0n) is 16.5. The molecule has 2 aliphatic rings. The predicted molar refractivity (Wildman–Crippen MR) is 110 cm³/mol. The van der Waals surface area contributed by atoms with Crippen molar-refractivity contribution < 1.29 is 14.6 Å². The number of methoxy groups -OCH3 is 1. The Balaban J connectivity index is 1.37. The van der Waals surface area contributed by atoms with Gasteiger partial charge in [-0.15, -0.1) is 0 Å². The number of urea groups is 1. The fraction of sp³-hybridized carbons (Fsp3) is 0.435. The highest BCUT2D eigenvalue weighted by molar-refractivity contribution is 5.91. The van der Waals surface area contributed by atoms with E-state index >= 15 is 0 Å². The van der Waals surface area contributed by atoms with Gasteiger partial charge in [0, 0.05) is 19.5 Å². The molecule has 2 aromatic carbocycles. The summed E-state index contributed by atoms with van der Waals surface area (Å²) in [5.41, 5.74) is 2.29. The number of carbonyl (C=O) groups is 1. The van der Waals surface area contributed by atoms with Gasteiger partial charge in [-0.05, 0) is 54.9 Å². The van der Waals surface area contributed by atoms with E-state index in [1.807, 2.05) is 48.2 Å². The van der Waals surface area contributed by atoms with E-state index < -0.39 is 5.60 Å². The van der Waals surface area contributed by atoms with Crippen molar-refractivity contribution in [3.8, 4) is 5.75 Å². The Morgan fingerprint density at radius 1 is 1.18 bits per heavy atom. The molecule has 0 radical (unpaired) electrons. The quantitative estimate of drug-likeness (QED) is 0.847. The van der Waals surface area contributed by atoms with Crippen LogP contribution in [0.3, 0.4) is 0 Å². The number of aryl methyl sites for hydroxylation is 1. The van der Waals surface area contributed by atoms with Crippen molar-refractivity contribution >= 4 is 11.7 Å². The second kappa shape index (κ2) is 7.47. The zero-order valence-corrected chi connectivity index (χ0v) is 16.5.